The monoisotopic (exact) mass is 497 g/mol. The minimum absolute atomic E-state index is 0.0249. The second-order valence-corrected chi connectivity index (χ2v) is 10.6. The molecule has 1 aliphatic heterocycles. The lowest BCUT2D eigenvalue weighted by Gasteiger charge is -2.39. The van der Waals surface area contributed by atoms with Gasteiger partial charge in [-0.2, -0.15) is 0 Å². The minimum Gasteiger partial charge on any atom is -0.385 e. The molecule has 2 aliphatic rings. The SMILES string of the molecule is COCCCO[C@@H](c1ccccc1)C1CCCN(c2c(N[C@H](CN)CC3CCCCC3)c(=O)c2=O)C1. The van der Waals surface area contributed by atoms with Crippen LogP contribution < -0.4 is 26.8 Å². The van der Waals surface area contributed by atoms with Gasteiger partial charge in [-0.1, -0.05) is 62.4 Å². The quantitative estimate of drug-likeness (QED) is 0.319. The Balaban J connectivity index is 1.46. The maximum absolute atomic E-state index is 12.8. The van der Waals surface area contributed by atoms with E-state index in [0.717, 1.165) is 37.8 Å². The van der Waals surface area contributed by atoms with Gasteiger partial charge in [0.2, 0.25) is 0 Å². The van der Waals surface area contributed by atoms with Gasteiger partial charge in [-0.25, -0.2) is 0 Å². The first-order valence-electron chi connectivity index (χ1n) is 13.8. The van der Waals surface area contributed by atoms with Crippen molar-refractivity contribution < 1.29 is 9.47 Å². The fourth-order valence-corrected chi connectivity index (χ4v) is 6.08. The zero-order valence-corrected chi connectivity index (χ0v) is 21.8. The number of piperidine rings is 1. The van der Waals surface area contributed by atoms with E-state index in [2.05, 4.69) is 22.3 Å². The van der Waals surface area contributed by atoms with Crippen molar-refractivity contribution in [2.75, 3.05) is 50.2 Å². The highest BCUT2D eigenvalue weighted by atomic mass is 16.5. The number of anilines is 2. The van der Waals surface area contributed by atoms with Crippen molar-refractivity contribution in [3.05, 3.63) is 56.3 Å². The maximum atomic E-state index is 12.8. The van der Waals surface area contributed by atoms with E-state index < -0.39 is 5.43 Å². The van der Waals surface area contributed by atoms with Gasteiger partial charge < -0.3 is 25.4 Å². The van der Waals surface area contributed by atoms with Crippen molar-refractivity contribution in [2.45, 2.75) is 69.9 Å². The van der Waals surface area contributed by atoms with E-state index in [1.54, 1.807) is 7.11 Å². The summed E-state index contributed by atoms with van der Waals surface area (Å²) in [5.41, 5.74) is 7.51. The molecule has 7 nitrogen and oxygen atoms in total. The van der Waals surface area contributed by atoms with E-state index in [1.165, 1.54) is 32.1 Å². The molecule has 2 aromatic rings. The number of nitrogens with zero attached hydrogens (tertiary/aromatic N) is 1. The third-order valence-electron chi connectivity index (χ3n) is 7.98. The molecule has 0 radical (unpaired) electrons. The first kappa shape index (κ1) is 26.8. The number of nitrogens with two attached hydrogens (primary N) is 1. The normalized spacial score (nSPS) is 20.9. The molecular weight excluding hydrogens is 454 g/mol. The molecule has 4 rings (SSSR count). The number of hydrogen-bond donors (Lipinski definition) is 2. The van der Waals surface area contributed by atoms with Crippen LogP contribution in [0.1, 0.15) is 69.5 Å². The highest BCUT2D eigenvalue weighted by Gasteiger charge is 2.34. The second-order valence-electron chi connectivity index (χ2n) is 10.6. The van der Waals surface area contributed by atoms with Gasteiger partial charge in [0.15, 0.2) is 0 Å². The minimum atomic E-state index is -0.398. The van der Waals surface area contributed by atoms with Crippen LogP contribution in [0.5, 0.6) is 0 Å². The highest BCUT2D eigenvalue weighted by molar-refractivity contribution is 5.75. The Kier molecular flexibility index (Phi) is 9.96. The van der Waals surface area contributed by atoms with E-state index in [4.69, 9.17) is 15.2 Å². The summed E-state index contributed by atoms with van der Waals surface area (Å²) in [5, 5.41) is 3.40. The molecule has 1 unspecified atom stereocenters. The van der Waals surface area contributed by atoms with Crippen LogP contribution in [0.25, 0.3) is 0 Å². The number of hydrogen-bond acceptors (Lipinski definition) is 7. The van der Waals surface area contributed by atoms with Crippen LogP contribution in [-0.2, 0) is 9.47 Å². The van der Waals surface area contributed by atoms with Gasteiger partial charge >= 0.3 is 0 Å². The predicted octanol–water partition coefficient (Wildman–Crippen LogP) is 4.00. The molecule has 36 heavy (non-hydrogen) atoms. The van der Waals surface area contributed by atoms with Crippen LogP contribution in [0.15, 0.2) is 39.9 Å². The van der Waals surface area contributed by atoms with Gasteiger partial charge in [0.25, 0.3) is 10.9 Å². The van der Waals surface area contributed by atoms with Crippen LogP contribution in [0.4, 0.5) is 11.4 Å². The molecular formula is C29H43N3O4. The van der Waals surface area contributed by atoms with Gasteiger partial charge in [-0.15, -0.1) is 0 Å². The summed E-state index contributed by atoms with van der Waals surface area (Å²) in [6, 6.07) is 10.3. The number of benzene rings is 1. The number of rotatable bonds is 13. The third-order valence-corrected chi connectivity index (χ3v) is 7.98. The molecule has 1 heterocycles. The number of nitrogens with one attached hydrogen (secondary N) is 1. The standard InChI is InChI=1S/C29H43N3O4/c1-35-16-9-17-36-29(22-12-6-3-7-13-22)23-14-8-15-32(20-23)26-25(27(33)28(26)34)31-24(19-30)18-21-10-4-2-5-11-21/h3,6-7,12-13,21,23-24,29,31H,2,4-5,8-11,14-20,30H2,1H3/t23?,24-,29-/m0/s1. The smallest absolute Gasteiger partial charge is 0.253 e. The molecule has 7 heteroatoms. The van der Waals surface area contributed by atoms with Crippen LogP contribution in [-0.4, -0.2) is 46.0 Å². The molecule has 1 saturated carbocycles. The van der Waals surface area contributed by atoms with Gasteiger partial charge in [-0.3, -0.25) is 9.59 Å². The van der Waals surface area contributed by atoms with E-state index in [-0.39, 0.29) is 23.5 Å². The largest absolute Gasteiger partial charge is 0.385 e. The number of ether oxygens (including phenoxy) is 2. The van der Waals surface area contributed by atoms with Crippen LogP contribution in [0, 0.1) is 11.8 Å². The van der Waals surface area contributed by atoms with E-state index in [0.29, 0.717) is 43.6 Å². The van der Waals surface area contributed by atoms with Crippen molar-refractivity contribution in [3.8, 4) is 0 Å². The molecule has 198 valence electrons. The van der Waals surface area contributed by atoms with Crippen LogP contribution >= 0.6 is 0 Å². The Bertz CT molecular complexity index is 998. The first-order chi connectivity index (χ1) is 17.6. The van der Waals surface area contributed by atoms with Gasteiger partial charge in [0.05, 0.1) is 6.10 Å². The lowest BCUT2D eigenvalue weighted by molar-refractivity contribution is -0.00235. The van der Waals surface area contributed by atoms with Crippen LogP contribution in [0.2, 0.25) is 0 Å². The zero-order chi connectivity index (χ0) is 25.3. The molecule has 3 N–H and O–H groups in total. The molecule has 2 fully saturated rings. The topological polar surface area (TPSA) is 93.9 Å². The van der Waals surface area contributed by atoms with E-state index in [1.807, 2.05) is 18.2 Å². The average Bonchev–Trinajstić information content (AvgIpc) is 2.93. The Hall–Kier alpha value is -2.22. The summed E-state index contributed by atoms with van der Waals surface area (Å²) < 4.78 is 11.6. The fourth-order valence-electron chi connectivity index (χ4n) is 6.08. The van der Waals surface area contributed by atoms with Crippen molar-refractivity contribution in [1.29, 1.82) is 0 Å². The van der Waals surface area contributed by atoms with Gasteiger partial charge in [0, 0.05) is 51.9 Å². The summed E-state index contributed by atoms with van der Waals surface area (Å²) >= 11 is 0. The van der Waals surface area contributed by atoms with E-state index >= 15 is 0 Å². The summed E-state index contributed by atoms with van der Waals surface area (Å²) in [6.07, 6.45) is 10.0. The zero-order valence-electron chi connectivity index (χ0n) is 21.8. The summed E-state index contributed by atoms with van der Waals surface area (Å²) in [5.74, 6) is 0.879. The molecule has 3 atom stereocenters. The molecule has 0 spiro atoms. The maximum Gasteiger partial charge on any atom is 0.253 e. The van der Waals surface area contributed by atoms with Crippen molar-refractivity contribution in [1.82, 2.24) is 0 Å². The summed E-state index contributed by atoms with van der Waals surface area (Å²) in [6.45, 7) is 3.22. The van der Waals surface area contributed by atoms with Crippen molar-refractivity contribution >= 4 is 11.4 Å². The average molecular weight is 498 g/mol. The first-order valence-corrected chi connectivity index (χ1v) is 13.8. The van der Waals surface area contributed by atoms with Crippen molar-refractivity contribution in [3.63, 3.8) is 0 Å². The molecule has 1 aliphatic carbocycles. The van der Waals surface area contributed by atoms with Crippen molar-refractivity contribution in [2.24, 2.45) is 17.6 Å². The summed E-state index contributed by atoms with van der Waals surface area (Å²) in [7, 11) is 1.70. The van der Waals surface area contributed by atoms with Gasteiger partial charge in [0.1, 0.15) is 11.4 Å². The molecule has 2 aromatic carbocycles. The molecule has 1 saturated heterocycles. The number of methoxy groups -OCH3 is 1. The van der Waals surface area contributed by atoms with Gasteiger partial charge in [-0.05, 0) is 37.2 Å². The van der Waals surface area contributed by atoms with Crippen LogP contribution in [0.3, 0.4) is 0 Å². The predicted molar refractivity (Wildman–Crippen MR) is 146 cm³/mol. The summed E-state index contributed by atoms with van der Waals surface area (Å²) in [4.78, 5) is 27.5. The second kappa shape index (κ2) is 13.4. The third kappa shape index (κ3) is 6.55. The Morgan fingerprint density at radius 3 is 2.53 bits per heavy atom. The lowest BCUT2D eigenvalue weighted by atomic mass is 9.84. The lowest BCUT2D eigenvalue weighted by Crippen LogP contribution is -2.48. The Labute approximate surface area is 215 Å². The molecule has 0 bridgehead atoms. The van der Waals surface area contributed by atoms with E-state index in [9.17, 15) is 9.59 Å². The fraction of sp³-hybridized carbons (Fsp3) is 0.655. The highest BCUT2D eigenvalue weighted by Crippen LogP contribution is 2.36. The Morgan fingerprint density at radius 2 is 1.81 bits per heavy atom. The molecule has 0 amide bonds. The Morgan fingerprint density at radius 1 is 1.03 bits per heavy atom. The molecule has 0 aromatic heterocycles.